The van der Waals surface area contributed by atoms with Crippen molar-refractivity contribution in [2.75, 3.05) is 40.5 Å². The monoisotopic (exact) mass is 305 g/mol. The number of rotatable bonds is 10. The molecule has 1 N–H and O–H groups in total. The second-order valence-corrected chi connectivity index (χ2v) is 4.36. The summed E-state index contributed by atoms with van der Waals surface area (Å²) in [5.41, 5.74) is 0.873. The fourth-order valence-electron chi connectivity index (χ4n) is 1.89. The van der Waals surface area contributed by atoms with Gasteiger partial charge >= 0.3 is 6.61 Å². The quantitative estimate of drug-likeness (QED) is 0.713. The van der Waals surface area contributed by atoms with Crippen molar-refractivity contribution in [3.8, 4) is 11.5 Å². The predicted molar refractivity (Wildman–Crippen MR) is 73.9 cm³/mol. The molecule has 0 heterocycles. The molecule has 0 fully saturated rings. The third kappa shape index (κ3) is 6.24. The van der Waals surface area contributed by atoms with Crippen LogP contribution in [-0.4, -0.2) is 57.1 Å². The molecule has 0 aliphatic carbocycles. The number of benzene rings is 1. The number of ether oxygens (including phenoxy) is 3. The first-order valence-electron chi connectivity index (χ1n) is 6.54. The standard InChI is InChI=1S/C14H21F2NO4/c1-19-8-6-17(5-7-18)10-11-3-4-12(21-14(15)16)13(9-11)20-2/h3-4,9,14,18H,5-8,10H2,1-2H3. The van der Waals surface area contributed by atoms with Crippen LogP contribution in [0.25, 0.3) is 0 Å². The van der Waals surface area contributed by atoms with Crippen molar-refractivity contribution < 1.29 is 28.1 Å². The molecule has 0 aliphatic rings. The highest BCUT2D eigenvalue weighted by molar-refractivity contribution is 5.43. The Bertz CT molecular complexity index is 418. The Hall–Kier alpha value is -1.44. The number of halogens is 2. The van der Waals surface area contributed by atoms with E-state index in [1.54, 1.807) is 19.2 Å². The molecule has 1 aromatic carbocycles. The van der Waals surface area contributed by atoms with Gasteiger partial charge in [0.1, 0.15) is 0 Å². The molecule has 21 heavy (non-hydrogen) atoms. The van der Waals surface area contributed by atoms with Crippen LogP contribution in [0.1, 0.15) is 5.56 Å². The molecule has 0 bridgehead atoms. The number of aliphatic hydroxyl groups excluding tert-OH is 1. The van der Waals surface area contributed by atoms with E-state index in [0.29, 0.717) is 26.2 Å². The molecule has 120 valence electrons. The molecule has 0 atom stereocenters. The van der Waals surface area contributed by atoms with Crippen LogP contribution in [0, 0.1) is 0 Å². The summed E-state index contributed by atoms with van der Waals surface area (Å²) in [4.78, 5) is 1.99. The van der Waals surface area contributed by atoms with Crippen molar-refractivity contribution in [3.05, 3.63) is 23.8 Å². The number of alkyl halides is 2. The van der Waals surface area contributed by atoms with Gasteiger partial charge in [-0.3, -0.25) is 4.90 Å². The smallest absolute Gasteiger partial charge is 0.387 e. The highest BCUT2D eigenvalue weighted by Crippen LogP contribution is 2.29. The average Bonchev–Trinajstić information content (AvgIpc) is 2.46. The van der Waals surface area contributed by atoms with E-state index >= 15 is 0 Å². The minimum absolute atomic E-state index is 0.00171. The van der Waals surface area contributed by atoms with Gasteiger partial charge in [0.25, 0.3) is 0 Å². The summed E-state index contributed by atoms with van der Waals surface area (Å²) in [6.45, 7) is -0.598. The molecule has 0 saturated carbocycles. The van der Waals surface area contributed by atoms with Crippen LogP contribution in [-0.2, 0) is 11.3 Å². The molecule has 0 aliphatic heterocycles. The zero-order valence-corrected chi connectivity index (χ0v) is 12.2. The minimum atomic E-state index is -2.89. The van der Waals surface area contributed by atoms with Gasteiger partial charge in [-0.25, -0.2) is 0 Å². The van der Waals surface area contributed by atoms with Gasteiger partial charge in [-0.15, -0.1) is 0 Å². The topological polar surface area (TPSA) is 51.2 Å². The second-order valence-electron chi connectivity index (χ2n) is 4.36. The van der Waals surface area contributed by atoms with Crippen LogP contribution < -0.4 is 9.47 Å². The van der Waals surface area contributed by atoms with E-state index in [-0.39, 0.29) is 18.1 Å². The molecule has 0 amide bonds. The van der Waals surface area contributed by atoms with E-state index < -0.39 is 6.61 Å². The molecule has 0 unspecified atom stereocenters. The summed E-state index contributed by atoms with van der Waals surface area (Å²) < 4.78 is 39.0. The molecule has 7 heteroatoms. The molecule has 0 aromatic heterocycles. The van der Waals surface area contributed by atoms with E-state index in [1.165, 1.54) is 13.2 Å². The molecule has 1 rings (SSSR count). The van der Waals surface area contributed by atoms with Crippen molar-refractivity contribution >= 4 is 0 Å². The summed E-state index contributed by atoms with van der Waals surface area (Å²) >= 11 is 0. The third-order valence-corrected chi connectivity index (χ3v) is 2.88. The fraction of sp³-hybridized carbons (Fsp3) is 0.571. The van der Waals surface area contributed by atoms with Gasteiger partial charge in [0.2, 0.25) is 0 Å². The summed E-state index contributed by atoms with van der Waals surface area (Å²) in [5.74, 6) is 0.255. The highest BCUT2D eigenvalue weighted by Gasteiger charge is 2.12. The Labute approximate surface area is 123 Å². The van der Waals surface area contributed by atoms with Gasteiger partial charge in [-0.2, -0.15) is 8.78 Å². The summed E-state index contributed by atoms with van der Waals surface area (Å²) in [6.07, 6.45) is 0. The Morgan fingerprint density at radius 2 is 1.95 bits per heavy atom. The number of aliphatic hydroxyl groups is 1. The van der Waals surface area contributed by atoms with Crippen LogP contribution in [0.3, 0.4) is 0 Å². The summed E-state index contributed by atoms with van der Waals surface area (Å²) in [6, 6.07) is 4.79. The van der Waals surface area contributed by atoms with Crippen LogP contribution in [0.15, 0.2) is 18.2 Å². The zero-order valence-electron chi connectivity index (χ0n) is 12.2. The van der Waals surface area contributed by atoms with Crippen molar-refractivity contribution in [1.82, 2.24) is 4.90 Å². The number of hydrogen-bond acceptors (Lipinski definition) is 5. The van der Waals surface area contributed by atoms with E-state index in [4.69, 9.17) is 14.6 Å². The van der Waals surface area contributed by atoms with E-state index in [9.17, 15) is 8.78 Å². The molecule has 5 nitrogen and oxygen atoms in total. The van der Waals surface area contributed by atoms with Crippen molar-refractivity contribution in [1.29, 1.82) is 0 Å². The minimum Gasteiger partial charge on any atom is -0.493 e. The van der Waals surface area contributed by atoms with Crippen LogP contribution in [0.4, 0.5) is 8.78 Å². The molecule has 0 radical (unpaired) electrons. The van der Waals surface area contributed by atoms with Gasteiger partial charge in [0.15, 0.2) is 11.5 Å². The van der Waals surface area contributed by atoms with Crippen molar-refractivity contribution in [2.45, 2.75) is 13.2 Å². The third-order valence-electron chi connectivity index (χ3n) is 2.88. The van der Waals surface area contributed by atoms with E-state index in [1.807, 2.05) is 4.90 Å². The Balaban J connectivity index is 2.77. The van der Waals surface area contributed by atoms with Gasteiger partial charge in [-0.1, -0.05) is 6.07 Å². The Morgan fingerprint density at radius 3 is 2.52 bits per heavy atom. The van der Waals surface area contributed by atoms with Crippen LogP contribution in [0.2, 0.25) is 0 Å². The average molecular weight is 305 g/mol. The van der Waals surface area contributed by atoms with Gasteiger partial charge in [0.05, 0.1) is 20.3 Å². The normalized spacial score (nSPS) is 11.2. The van der Waals surface area contributed by atoms with E-state index in [2.05, 4.69) is 4.74 Å². The van der Waals surface area contributed by atoms with Crippen LogP contribution in [0.5, 0.6) is 11.5 Å². The maximum atomic E-state index is 12.3. The SMILES string of the molecule is COCCN(CCO)Cc1ccc(OC(F)F)c(OC)c1. The molecular weight excluding hydrogens is 284 g/mol. The predicted octanol–water partition coefficient (Wildman–Crippen LogP) is 1.74. The van der Waals surface area contributed by atoms with Crippen LogP contribution >= 0.6 is 0 Å². The first kappa shape index (κ1) is 17.6. The lowest BCUT2D eigenvalue weighted by Gasteiger charge is -2.21. The maximum Gasteiger partial charge on any atom is 0.387 e. The number of methoxy groups -OCH3 is 2. The number of nitrogens with zero attached hydrogens (tertiary/aromatic N) is 1. The maximum absolute atomic E-state index is 12.3. The summed E-state index contributed by atoms with van der Waals surface area (Å²) in [7, 11) is 3.00. The zero-order chi connectivity index (χ0) is 15.7. The fourth-order valence-corrected chi connectivity index (χ4v) is 1.89. The Morgan fingerprint density at radius 1 is 1.19 bits per heavy atom. The summed E-state index contributed by atoms with van der Waals surface area (Å²) in [5, 5.41) is 9.05. The number of hydrogen-bond donors (Lipinski definition) is 1. The molecule has 0 saturated heterocycles. The first-order valence-corrected chi connectivity index (χ1v) is 6.54. The van der Waals surface area contributed by atoms with Crippen molar-refractivity contribution in [2.24, 2.45) is 0 Å². The molecule has 1 aromatic rings. The molecule has 0 spiro atoms. The lowest BCUT2D eigenvalue weighted by atomic mass is 10.2. The van der Waals surface area contributed by atoms with E-state index in [0.717, 1.165) is 5.56 Å². The first-order chi connectivity index (χ1) is 10.1. The lowest BCUT2D eigenvalue weighted by Crippen LogP contribution is -2.29. The second kappa shape index (κ2) is 9.49. The Kier molecular flexibility index (Phi) is 7.96. The van der Waals surface area contributed by atoms with Gasteiger partial charge in [-0.05, 0) is 17.7 Å². The van der Waals surface area contributed by atoms with Crippen molar-refractivity contribution in [3.63, 3.8) is 0 Å². The van der Waals surface area contributed by atoms with Gasteiger partial charge < -0.3 is 19.3 Å². The highest BCUT2D eigenvalue weighted by atomic mass is 19.3. The lowest BCUT2D eigenvalue weighted by molar-refractivity contribution is -0.0512. The largest absolute Gasteiger partial charge is 0.493 e. The van der Waals surface area contributed by atoms with Gasteiger partial charge in [0, 0.05) is 26.7 Å². The molecular formula is C14H21F2NO4.